The fraction of sp³-hybridized carbons (Fsp3) is 0.0769. The van der Waals surface area contributed by atoms with E-state index in [4.69, 9.17) is 5.11 Å². The van der Waals surface area contributed by atoms with Gasteiger partial charge in [-0.05, 0) is 23.8 Å². The molecule has 0 unspecified atom stereocenters. The van der Waals surface area contributed by atoms with Crippen LogP contribution < -0.4 is 5.32 Å². The van der Waals surface area contributed by atoms with Crippen molar-refractivity contribution in [3.05, 3.63) is 59.0 Å². The highest BCUT2D eigenvalue weighted by Crippen LogP contribution is 2.16. The highest BCUT2D eigenvalue weighted by molar-refractivity contribution is 5.93. The summed E-state index contributed by atoms with van der Waals surface area (Å²) >= 11 is 0. The molecule has 0 aliphatic rings. The van der Waals surface area contributed by atoms with Gasteiger partial charge in [0.2, 0.25) is 0 Å². The van der Waals surface area contributed by atoms with Gasteiger partial charge in [0.1, 0.15) is 17.2 Å². The van der Waals surface area contributed by atoms with Gasteiger partial charge in [-0.15, -0.1) is 0 Å². The summed E-state index contributed by atoms with van der Waals surface area (Å²) in [5.41, 5.74) is 0.0546. The van der Waals surface area contributed by atoms with E-state index in [2.05, 4.69) is 10.3 Å². The zero-order chi connectivity index (χ0) is 14.7. The molecule has 0 aliphatic heterocycles. The lowest BCUT2D eigenvalue weighted by Gasteiger charge is -2.08. The summed E-state index contributed by atoms with van der Waals surface area (Å²) in [5.74, 6) is -4.15. The number of nitrogens with one attached hydrogen (secondary N) is 1. The van der Waals surface area contributed by atoms with Gasteiger partial charge in [-0.2, -0.15) is 0 Å². The molecule has 1 aromatic carbocycles. The molecule has 0 fully saturated rings. The van der Waals surface area contributed by atoms with Crippen molar-refractivity contribution in [3.8, 4) is 0 Å². The number of rotatable bonds is 4. The van der Waals surface area contributed by atoms with Crippen molar-refractivity contribution in [2.24, 2.45) is 0 Å². The first-order chi connectivity index (χ1) is 9.47. The Labute approximate surface area is 111 Å². The molecule has 4 nitrogen and oxygen atoms in total. The summed E-state index contributed by atoms with van der Waals surface area (Å²) in [6, 6.07) is 4.10. The molecule has 0 saturated carbocycles. The van der Waals surface area contributed by atoms with Crippen molar-refractivity contribution >= 4 is 11.8 Å². The summed E-state index contributed by atoms with van der Waals surface area (Å²) in [5, 5.41) is 11.5. The minimum absolute atomic E-state index is 0.0239. The van der Waals surface area contributed by atoms with E-state index in [9.17, 15) is 18.0 Å². The van der Waals surface area contributed by atoms with E-state index in [-0.39, 0.29) is 17.9 Å². The third-order valence-corrected chi connectivity index (χ3v) is 2.53. The number of halogens is 3. The third-order valence-electron chi connectivity index (χ3n) is 2.53. The smallest absolute Gasteiger partial charge is 0.339 e. The van der Waals surface area contributed by atoms with Crippen LogP contribution in [0.3, 0.4) is 0 Å². The Morgan fingerprint density at radius 3 is 2.60 bits per heavy atom. The first-order valence-corrected chi connectivity index (χ1v) is 5.54. The minimum Gasteiger partial charge on any atom is -0.478 e. The van der Waals surface area contributed by atoms with Crippen molar-refractivity contribution in [1.29, 1.82) is 0 Å². The molecule has 2 rings (SSSR count). The van der Waals surface area contributed by atoms with Crippen LogP contribution in [0.1, 0.15) is 15.9 Å². The molecule has 1 aromatic heterocycles. The fourth-order valence-corrected chi connectivity index (χ4v) is 1.58. The summed E-state index contributed by atoms with van der Waals surface area (Å²) in [6.07, 6.45) is 0.861. The van der Waals surface area contributed by atoms with Gasteiger partial charge in [-0.1, -0.05) is 6.07 Å². The number of nitrogens with zero attached hydrogens (tertiary/aromatic N) is 1. The van der Waals surface area contributed by atoms with Crippen molar-refractivity contribution in [3.63, 3.8) is 0 Å². The van der Waals surface area contributed by atoms with Gasteiger partial charge < -0.3 is 10.4 Å². The van der Waals surface area contributed by atoms with Crippen LogP contribution >= 0.6 is 0 Å². The Hall–Kier alpha value is -2.57. The van der Waals surface area contributed by atoms with Crippen molar-refractivity contribution < 1.29 is 23.1 Å². The van der Waals surface area contributed by atoms with E-state index in [0.29, 0.717) is 5.56 Å². The molecule has 2 aromatic rings. The quantitative estimate of drug-likeness (QED) is 0.905. The number of carboxylic acid groups (broad SMARTS) is 1. The number of aromatic nitrogens is 1. The molecule has 0 saturated heterocycles. The number of anilines is 1. The maximum Gasteiger partial charge on any atom is 0.339 e. The second kappa shape index (κ2) is 5.60. The maximum atomic E-state index is 13.0. The lowest BCUT2D eigenvalue weighted by Crippen LogP contribution is -2.09. The molecule has 0 amide bonds. The molecule has 0 spiro atoms. The highest BCUT2D eigenvalue weighted by atomic mass is 19.2. The molecule has 104 valence electrons. The second-order valence-corrected chi connectivity index (χ2v) is 3.96. The highest BCUT2D eigenvalue weighted by Gasteiger charge is 2.13. The van der Waals surface area contributed by atoms with Gasteiger partial charge in [0.05, 0.1) is 6.20 Å². The minimum atomic E-state index is -1.34. The molecule has 7 heteroatoms. The Bertz CT molecular complexity index is 662. The van der Waals surface area contributed by atoms with Gasteiger partial charge in [-0.25, -0.2) is 22.9 Å². The molecular weight excluding hydrogens is 273 g/mol. The second-order valence-electron chi connectivity index (χ2n) is 3.96. The molecule has 0 radical (unpaired) electrons. The van der Waals surface area contributed by atoms with Crippen LogP contribution in [0.5, 0.6) is 0 Å². The molecule has 0 atom stereocenters. The van der Waals surface area contributed by atoms with Crippen LogP contribution in [-0.2, 0) is 6.54 Å². The van der Waals surface area contributed by atoms with E-state index in [1.165, 1.54) is 6.07 Å². The number of benzene rings is 1. The first-order valence-electron chi connectivity index (χ1n) is 5.54. The number of hydrogen-bond donors (Lipinski definition) is 2. The van der Waals surface area contributed by atoms with Gasteiger partial charge in [-0.3, -0.25) is 0 Å². The average Bonchev–Trinajstić information content (AvgIpc) is 2.41. The zero-order valence-electron chi connectivity index (χ0n) is 10.0. The van der Waals surface area contributed by atoms with E-state index in [1.54, 1.807) is 0 Å². The molecule has 1 heterocycles. The standard InChI is InChI=1S/C13H9F3N2O2/c14-8-4-9(13(19)20)12(18-6-8)17-5-7-1-2-10(15)11(16)3-7/h1-4,6H,5H2,(H,17,18)(H,19,20). The van der Waals surface area contributed by atoms with Crippen LogP contribution in [0.4, 0.5) is 19.0 Å². The normalized spacial score (nSPS) is 10.3. The van der Waals surface area contributed by atoms with Crippen LogP contribution in [-0.4, -0.2) is 16.1 Å². The summed E-state index contributed by atoms with van der Waals surface area (Å²) < 4.78 is 38.7. The number of carbonyl (C=O) groups is 1. The van der Waals surface area contributed by atoms with Gasteiger partial charge >= 0.3 is 5.97 Å². The van der Waals surface area contributed by atoms with Gasteiger partial charge in [0, 0.05) is 6.54 Å². The summed E-state index contributed by atoms with van der Waals surface area (Å²) in [6.45, 7) is 0.0239. The predicted octanol–water partition coefficient (Wildman–Crippen LogP) is 2.81. The maximum absolute atomic E-state index is 13.0. The number of pyridine rings is 1. The molecule has 20 heavy (non-hydrogen) atoms. The van der Waals surface area contributed by atoms with Crippen LogP contribution in [0, 0.1) is 17.5 Å². The lowest BCUT2D eigenvalue weighted by atomic mass is 10.2. The predicted molar refractivity (Wildman–Crippen MR) is 64.8 cm³/mol. The summed E-state index contributed by atoms with van der Waals surface area (Å²) in [7, 11) is 0. The van der Waals surface area contributed by atoms with Crippen LogP contribution in [0.2, 0.25) is 0 Å². The van der Waals surface area contributed by atoms with E-state index >= 15 is 0 Å². The summed E-state index contributed by atoms with van der Waals surface area (Å²) in [4.78, 5) is 14.5. The molecule has 2 N–H and O–H groups in total. The number of hydrogen-bond acceptors (Lipinski definition) is 3. The van der Waals surface area contributed by atoms with E-state index < -0.39 is 23.4 Å². The largest absolute Gasteiger partial charge is 0.478 e. The van der Waals surface area contributed by atoms with Crippen LogP contribution in [0.25, 0.3) is 0 Å². The zero-order valence-corrected chi connectivity index (χ0v) is 10.0. The van der Waals surface area contributed by atoms with Crippen LogP contribution in [0.15, 0.2) is 30.5 Å². The number of carboxylic acids is 1. The lowest BCUT2D eigenvalue weighted by molar-refractivity contribution is 0.0697. The van der Waals surface area contributed by atoms with Crippen molar-refractivity contribution in [2.45, 2.75) is 6.54 Å². The van der Waals surface area contributed by atoms with Gasteiger partial charge in [0.15, 0.2) is 11.6 Å². The Morgan fingerprint density at radius 1 is 1.20 bits per heavy atom. The van der Waals surface area contributed by atoms with Gasteiger partial charge in [0.25, 0.3) is 0 Å². The molecule has 0 bridgehead atoms. The Balaban J connectivity index is 2.18. The SMILES string of the molecule is O=C(O)c1cc(F)cnc1NCc1ccc(F)c(F)c1. The van der Waals surface area contributed by atoms with Crippen molar-refractivity contribution in [1.82, 2.24) is 4.98 Å². The first kappa shape index (κ1) is 13.9. The van der Waals surface area contributed by atoms with E-state index in [1.807, 2.05) is 0 Å². The molecular formula is C13H9F3N2O2. The fourth-order valence-electron chi connectivity index (χ4n) is 1.58. The monoisotopic (exact) mass is 282 g/mol. The van der Waals surface area contributed by atoms with E-state index in [0.717, 1.165) is 24.4 Å². The Morgan fingerprint density at radius 2 is 1.95 bits per heavy atom. The van der Waals surface area contributed by atoms with Crippen molar-refractivity contribution in [2.75, 3.05) is 5.32 Å². The molecule has 0 aliphatic carbocycles. The third kappa shape index (κ3) is 3.05. The topological polar surface area (TPSA) is 62.2 Å². The Kier molecular flexibility index (Phi) is 3.88. The number of aromatic carboxylic acids is 1. The average molecular weight is 282 g/mol.